The Morgan fingerprint density at radius 3 is 2.76 bits per heavy atom. The zero-order valence-electron chi connectivity index (χ0n) is 9.16. The Balaban J connectivity index is 2.35. The monoisotopic (exact) mass is 233 g/mol. The van der Waals surface area contributed by atoms with Crippen molar-refractivity contribution < 1.29 is 19.2 Å². The molecule has 1 aromatic carbocycles. The van der Waals surface area contributed by atoms with E-state index in [0.29, 0.717) is 5.56 Å². The zero-order valence-corrected chi connectivity index (χ0v) is 9.16. The van der Waals surface area contributed by atoms with E-state index in [2.05, 4.69) is 9.89 Å². The first-order valence-corrected chi connectivity index (χ1v) is 4.99. The second kappa shape index (κ2) is 4.80. The van der Waals surface area contributed by atoms with Gasteiger partial charge in [-0.15, -0.1) is 0 Å². The molecule has 17 heavy (non-hydrogen) atoms. The van der Waals surface area contributed by atoms with Gasteiger partial charge >= 0.3 is 5.97 Å². The molecule has 0 aliphatic carbocycles. The van der Waals surface area contributed by atoms with Crippen molar-refractivity contribution in [1.29, 1.82) is 0 Å². The summed E-state index contributed by atoms with van der Waals surface area (Å²) in [4.78, 5) is 11.4. The molecule has 1 unspecified atom stereocenters. The van der Waals surface area contributed by atoms with Crippen molar-refractivity contribution in [2.24, 2.45) is 0 Å². The maximum Gasteiger partial charge on any atom is 0.343 e. The first-order chi connectivity index (χ1) is 8.24. The lowest BCUT2D eigenvalue weighted by molar-refractivity contribution is 0.0595. The zero-order chi connectivity index (χ0) is 12.3. The Labute approximate surface area is 97.6 Å². The topological polar surface area (TPSA) is 72.6 Å². The summed E-state index contributed by atoms with van der Waals surface area (Å²) in [6, 6.07) is 8.88. The van der Waals surface area contributed by atoms with E-state index in [0.717, 1.165) is 6.26 Å². The highest BCUT2D eigenvalue weighted by molar-refractivity contribution is 5.90. The highest BCUT2D eigenvalue weighted by atomic mass is 16.5. The molecule has 0 radical (unpaired) electrons. The standard InChI is InChI=1S/C12H11NO4/c1-16-12(15)9-7-17-13-10(9)11(14)8-5-3-2-4-6-8/h2-7,11,14H,1H3. The number of carbonyl (C=O) groups excluding carboxylic acids is 1. The summed E-state index contributed by atoms with van der Waals surface area (Å²) in [5.41, 5.74) is 0.915. The predicted octanol–water partition coefficient (Wildman–Crippen LogP) is 1.54. The number of carbonyl (C=O) groups is 1. The van der Waals surface area contributed by atoms with Crippen LogP contribution < -0.4 is 0 Å². The van der Waals surface area contributed by atoms with Crippen LogP contribution in [0.1, 0.15) is 27.7 Å². The number of aliphatic hydroxyl groups is 1. The van der Waals surface area contributed by atoms with Gasteiger partial charge in [0.2, 0.25) is 0 Å². The van der Waals surface area contributed by atoms with E-state index in [-0.39, 0.29) is 11.3 Å². The average molecular weight is 233 g/mol. The summed E-state index contributed by atoms with van der Waals surface area (Å²) >= 11 is 0. The number of methoxy groups -OCH3 is 1. The Hall–Kier alpha value is -2.14. The van der Waals surface area contributed by atoms with E-state index in [1.54, 1.807) is 24.3 Å². The molecule has 1 aromatic heterocycles. The lowest BCUT2D eigenvalue weighted by Crippen LogP contribution is -2.08. The number of benzene rings is 1. The molecule has 2 aromatic rings. The fraction of sp³-hybridized carbons (Fsp3) is 0.167. The fourth-order valence-electron chi connectivity index (χ4n) is 1.50. The molecule has 5 nitrogen and oxygen atoms in total. The highest BCUT2D eigenvalue weighted by Gasteiger charge is 2.23. The molecule has 1 heterocycles. The molecule has 0 aliphatic rings. The van der Waals surface area contributed by atoms with Crippen LogP contribution in [-0.4, -0.2) is 23.3 Å². The van der Waals surface area contributed by atoms with Gasteiger partial charge in [0.15, 0.2) is 0 Å². The largest absolute Gasteiger partial charge is 0.465 e. The minimum atomic E-state index is -1.01. The Kier molecular flexibility index (Phi) is 3.20. The van der Waals surface area contributed by atoms with Gasteiger partial charge in [-0.25, -0.2) is 4.79 Å². The van der Waals surface area contributed by atoms with Crippen molar-refractivity contribution >= 4 is 5.97 Å². The van der Waals surface area contributed by atoms with Gasteiger partial charge in [0, 0.05) is 0 Å². The Morgan fingerprint density at radius 1 is 1.41 bits per heavy atom. The highest BCUT2D eigenvalue weighted by Crippen LogP contribution is 2.23. The number of aliphatic hydroxyl groups excluding tert-OH is 1. The van der Waals surface area contributed by atoms with E-state index in [1.807, 2.05) is 6.07 Å². The molecule has 5 heteroatoms. The van der Waals surface area contributed by atoms with Crippen molar-refractivity contribution in [3.8, 4) is 0 Å². The number of nitrogens with zero attached hydrogens (tertiary/aromatic N) is 1. The van der Waals surface area contributed by atoms with Crippen LogP contribution in [0.25, 0.3) is 0 Å². The lowest BCUT2D eigenvalue weighted by atomic mass is 10.0. The van der Waals surface area contributed by atoms with E-state index in [4.69, 9.17) is 4.52 Å². The summed E-state index contributed by atoms with van der Waals surface area (Å²) < 4.78 is 9.27. The quantitative estimate of drug-likeness (QED) is 0.814. The van der Waals surface area contributed by atoms with Crippen molar-refractivity contribution in [2.45, 2.75) is 6.10 Å². The van der Waals surface area contributed by atoms with Gasteiger partial charge in [0.25, 0.3) is 0 Å². The molecule has 0 aliphatic heterocycles. The van der Waals surface area contributed by atoms with Crippen LogP contribution in [0.2, 0.25) is 0 Å². The van der Waals surface area contributed by atoms with Gasteiger partial charge < -0.3 is 14.4 Å². The van der Waals surface area contributed by atoms with Gasteiger partial charge in [0.1, 0.15) is 23.6 Å². The van der Waals surface area contributed by atoms with Crippen LogP contribution in [0.15, 0.2) is 41.1 Å². The number of hydrogen-bond donors (Lipinski definition) is 1. The normalized spacial score (nSPS) is 12.1. The second-order valence-electron chi connectivity index (χ2n) is 3.42. The van der Waals surface area contributed by atoms with Crippen LogP contribution in [0.4, 0.5) is 0 Å². The summed E-state index contributed by atoms with van der Waals surface area (Å²) in [5, 5.41) is 13.7. The number of rotatable bonds is 3. The molecule has 0 spiro atoms. The SMILES string of the molecule is COC(=O)c1conc1C(O)c1ccccc1. The van der Waals surface area contributed by atoms with Crippen LogP contribution in [0, 0.1) is 0 Å². The van der Waals surface area contributed by atoms with Gasteiger partial charge in [0.05, 0.1) is 7.11 Å². The molecule has 2 rings (SSSR count). The van der Waals surface area contributed by atoms with Crippen molar-refractivity contribution in [1.82, 2.24) is 5.16 Å². The first-order valence-electron chi connectivity index (χ1n) is 4.99. The number of aromatic nitrogens is 1. The minimum Gasteiger partial charge on any atom is -0.465 e. The van der Waals surface area contributed by atoms with E-state index >= 15 is 0 Å². The number of esters is 1. The minimum absolute atomic E-state index is 0.129. The van der Waals surface area contributed by atoms with E-state index in [1.165, 1.54) is 7.11 Å². The molecular formula is C12H11NO4. The van der Waals surface area contributed by atoms with Crippen molar-refractivity contribution in [2.75, 3.05) is 7.11 Å². The van der Waals surface area contributed by atoms with Crippen LogP contribution in [-0.2, 0) is 4.74 Å². The Bertz CT molecular complexity index is 506. The maximum atomic E-state index is 11.4. The Morgan fingerprint density at radius 2 is 2.12 bits per heavy atom. The molecule has 0 amide bonds. The van der Waals surface area contributed by atoms with Crippen LogP contribution in [0.5, 0.6) is 0 Å². The fourth-order valence-corrected chi connectivity index (χ4v) is 1.50. The van der Waals surface area contributed by atoms with E-state index in [9.17, 15) is 9.90 Å². The molecule has 88 valence electrons. The number of hydrogen-bond acceptors (Lipinski definition) is 5. The van der Waals surface area contributed by atoms with Crippen molar-refractivity contribution in [3.05, 3.63) is 53.4 Å². The summed E-state index contributed by atoms with van der Waals surface area (Å²) in [7, 11) is 1.26. The smallest absolute Gasteiger partial charge is 0.343 e. The lowest BCUT2D eigenvalue weighted by Gasteiger charge is -2.08. The van der Waals surface area contributed by atoms with Gasteiger partial charge in [-0.05, 0) is 5.56 Å². The van der Waals surface area contributed by atoms with E-state index < -0.39 is 12.1 Å². The van der Waals surface area contributed by atoms with Crippen molar-refractivity contribution in [3.63, 3.8) is 0 Å². The summed E-state index contributed by atoms with van der Waals surface area (Å²) in [5.74, 6) is -0.587. The number of ether oxygens (including phenoxy) is 1. The molecular weight excluding hydrogens is 222 g/mol. The predicted molar refractivity (Wildman–Crippen MR) is 58.3 cm³/mol. The molecule has 0 bridgehead atoms. The third-order valence-corrected chi connectivity index (χ3v) is 2.38. The third kappa shape index (κ3) is 2.19. The molecule has 0 saturated heterocycles. The van der Waals surface area contributed by atoms with Gasteiger partial charge in [-0.3, -0.25) is 0 Å². The van der Waals surface area contributed by atoms with Crippen LogP contribution in [0.3, 0.4) is 0 Å². The molecule has 1 N–H and O–H groups in total. The molecule has 1 atom stereocenters. The maximum absolute atomic E-state index is 11.4. The molecule has 0 saturated carbocycles. The summed E-state index contributed by atoms with van der Waals surface area (Å²) in [6.07, 6.45) is 0.150. The second-order valence-corrected chi connectivity index (χ2v) is 3.42. The third-order valence-electron chi connectivity index (χ3n) is 2.38. The first kappa shape index (κ1) is 11.3. The van der Waals surface area contributed by atoms with Crippen LogP contribution >= 0.6 is 0 Å². The van der Waals surface area contributed by atoms with Gasteiger partial charge in [-0.2, -0.15) is 0 Å². The molecule has 0 fully saturated rings. The van der Waals surface area contributed by atoms with Gasteiger partial charge in [-0.1, -0.05) is 35.5 Å². The summed E-state index contributed by atoms with van der Waals surface area (Å²) in [6.45, 7) is 0. The average Bonchev–Trinajstić information content (AvgIpc) is 2.87.